The van der Waals surface area contributed by atoms with Crippen LogP contribution in [0.2, 0.25) is 0 Å². The zero-order valence-corrected chi connectivity index (χ0v) is 23.0. The molecule has 2 aromatic carbocycles. The van der Waals surface area contributed by atoms with E-state index in [1.54, 1.807) is 68.2 Å². The molecule has 0 radical (unpaired) electrons. The van der Waals surface area contributed by atoms with Crippen LogP contribution >= 0.6 is 24.8 Å². The van der Waals surface area contributed by atoms with Gasteiger partial charge in [-0.25, -0.2) is 13.2 Å². The van der Waals surface area contributed by atoms with Crippen LogP contribution in [0.1, 0.15) is 28.5 Å². The van der Waals surface area contributed by atoms with E-state index in [4.69, 9.17) is 4.74 Å². The van der Waals surface area contributed by atoms with Crippen molar-refractivity contribution in [2.75, 3.05) is 13.7 Å². The summed E-state index contributed by atoms with van der Waals surface area (Å²) < 4.78 is 33.6. The number of aromatic nitrogens is 2. The van der Waals surface area contributed by atoms with Gasteiger partial charge < -0.3 is 19.7 Å². The number of carbonyl (C=O) groups is 1. The number of aryl methyl sites for hydroxylation is 1. The molecule has 198 valence electrons. The van der Waals surface area contributed by atoms with Gasteiger partial charge >= 0.3 is 5.97 Å². The summed E-state index contributed by atoms with van der Waals surface area (Å²) in [5.41, 5.74) is 2.52. The Hall–Kier alpha value is -3.11. The highest BCUT2D eigenvalue weighted by atomic mass is 35.5. The van der Waals surface area contributed by atoms with E-state index in [2.05, 4.69) is 10.3 Å². The minimum absolute atomic E-state index is 0. The Morgan fingerprint density at radius 1 is 1.11 bits per heavy atom. The standard InChI is InChI=1S/C26H27N3O5S.2ClH/c1-4-34-26(31)24-22(16-35(32,33)17-10-6-5-7-11-17)29(3)21-14-18(20-12-8-9-13-28-20)25(30)19(15-27-2)23(21)24;;/h5-14,27,30H,4,15-16H2,1-3H3;2*1H. The van der Waals surface area contributed by atoms with Gasteiger partial charge in [0.25, 0.3) is 0 Å². The van der Waals surface area contributed by atoms with Crippen LogP contribution in [0.25, 0.3) is 22.2 Å². The smallest absolute Gasteiger partial charge is 0.340 e. The summed E-state index contributed by atoms with van der Waals surface area (Å²) in [6.45, 7) is 2.05. The molecule has 0 bridgehead atoms. The molecule has 2 N–H and O–H groups in total. The zero-order valence-electron chi connectivity index (χ0n) is 20.6. The molecule has 11 heteroatoms. The molecule has 0 aliphatic rings. The largest absolute Gasteiger partial charge is 0.507 e. The lowest BCUT2D eigenvalue weighted by Crippen LogP contribution is -2.14. The third kappa shape index (κ3) is 5.75. The van der Waals surface area contributed by atoms with Gasteiger partial charge in [0, 0.05) is 42.0 Å². The van der Waals surface area contributed by atoms with Gasteiger partial charge in [-0.3, -0.25) is 4.98 Å². The number of ether oxygens (including phenoxy) is 1. The number of nitrogens with zero attached hydrogens (tertiary/aromatic N) is 2. The lowest BCUT2D eigenvalue weighted by Gasteiger charge is -2.13. The first-order chi connectivity index (χ1) is 16.8. The fourth-order valence-corrected chi connectivity index (χ4v) is 5.70. The number of esters is 1. The number of pyridine rings is 1. The van der Waals surface area contributed by atoms with Gasteiger partial charge in [-0.05, 0) is 44.3 Å². The van der Waals surface area contributed by atoms with Crippen LogP contribution in [-0.2, 0) is 33.9 Å². The molecule has 0 spiro atoms. The molecule has 37 heavy (non-hydrogen) atoms. The van der Waals surface area contributed by atoms with Gasteiger partial charge in [0.1, 0.15) is 5.75 Å². The Morgan fingerprint density at radius 2 is 1.78 bits per heavy atom. The highest BCUT2D eigenvalue weighted by Crippen LogP contribution is 2.41. The second-order valence-electron chi connectivity index (χ2n) is 8.06. The molecule has 8 nitrogen and oxygen atoms in total. The summed E-state index contributed by atoms with van der Waals surface area (Å²) in [5.74, 6) is -1.08. The van der Waals surface area contributed by atoms with Gasteiger partial charge in [0.05, 0.1) is 34.0 Å². The number of aromatic hydroxyl groups is 1. The van der Waals surface area contributed by atoms with E-state index >= 15 is 0 Å². The summed E-state index contributed by atoms with van der Waals surface area (Å²) in [5, 5.41) is 14.7. The van der Waals surface area contributed by atoms with Crippen molar-refractivity contribution >= 4 is 51.5 Å². The van der Waals surface area contributed by atoms with Crippen LogP contribution in [0.5, 0.6) is 5.75 Å². The normalized spacial score (nSPS) is 11.0. The van der Waals surface area contributed by atoms with Gasteiger partial charge in [-0.2, -0.15) is 0 Å². The van der Waals surface area contributed by atoms with Gasteiger partial charge in [0.2, 0.25) is 0 Å². The SMILES string of the molecule is CCOC(=O)c1c(CS(=O)(=O)c2ccccc2)n(C)c2cc(-c3ccccn3)c(O)c(CNC)c12.Cl.Cl. The van der Waals surface area contributed by atoms with Gasteiger partial charge in [0.15, 0.2) is 9.84 Å². The highest BCUT2D eigenvalue weighted by molar-refractivity contribution is 7.90. The van der Waals surface area contributed by atoms with Gasteiger partial charge in [-0.1, -0.05) is 24.3 Å². The van der Waals surface area contributed by atoms with Crippen molar-refractivity contribution in [1.29, 1.82) is 0 Å². The molecule has 2 heterocycles. The summed E-state index contributed by atoms with van der Waals surface area (Å²) in [7, 11) is -0.331. The number of halogens is 2. The van der Waals surface area contributed by atoms with E-state index in [1.165, 1.54) is 12.1 Å². The van der Waals surface area contributed by atoms with Crippen molar-refractivity contribution < 1.29 is 23.1 Å². The van der Waals surface area contributed by atoms with Gasteiger partial charge in [-0.15, -0.1) is 24.8 Å². The summed E-state index contributed by atoms with van der Waals surface area (Å²) in [6, 6.07) is 15.2. The molecule has 0 aliphatic heterocycles. The minimum atomic E-state index is -3.77. The third-order valence-electron chi connectivity index (χ3n) is 5.89. The number of benzene rings is 2. The number of hydrogen-bond donors (Lipinski definition) is 2. The van der Waals surface area contributed by atoms with Crippen molar-refractivity contribution in [3.63, 3.8) is 0 Å². The van der Waals surface area contributed by atoms with Crippen LogP contribution in [0.3, 0.4) is 0 Å². The first kappa shape index (κ1) is 30.1. The fraction of sp³-hybridized carbons (Fsp3) is 0.231. The van der Waals surface area contributed by atoms with Crippen molar-refractivity contribution in [2.24, 2.45) is 7.05 Å². The molecular weight excluding hydrogens is 537 g/mol. The maximum atomic E-state index is 13.3. The Bertz CT molecular complexity index is 1490. The lowest BCUT2D eigenvalue weighted by atomic mass is 9.98. The first-order valence-electron chi connectivity index (χ1n) is 11.2. The zero-order chi connectivity index (χ0) is 25.2. The molecule has 0 atom stereocenters. The van der Waals surface area contributed by atoms with Crippen LogP contribution in [0, 0.1) is 0 Å². The van der Waals surface area contributed by atoms with Crippen molar-refractivity contribution in [3.8, 4) is 17.0 Å². The molecule has 0 unspecified atom stereocenters. The predicted octanol–water partition coefficient (Wildman–Crippen LogP) is 4.66. The van der Waals surface area contributed by atoms with E-state index in [9.17, 15) is 18.3 Å². The third-order valence-corrected chi connectivity index (χ3v) is 7.53. The molecule has 0 saturated heterocycles. The van der Waals surface area contributed by atoms with Crippen molar-refractivity contribution in [1.82, 2.24) is 14.9 Å². The average molecular weight is 567 g/mol. The van der Waals surface area contributed by atoms with Crippen molar-refractivity contribution in [3.05, 3.63) is 77.6 Å². The number of phenols is 1. The van der Waals surface area contributed by atoms with E-state index in [0.717, 1.165) is 0 Å². The maximum absolute atomic E-state index is 13.3. The Labute approximate surface area is 228 Å². The highest BCUT2D eigenvalue weighted by Gasteiger charge is 2.30. The quantitative estimate of drug-likeness (QED) is 0.299. The summed E-state index contributed by atoms with van der Waals surface area (Å²) >= 11 is 0. The monoisotopic (exact) mass is 565 g/mol. The lowest BCUT2D eigenvalue weighted by molar-refractivity contribution is 0.0527. The second kappa shape index (κ2) is 12.4. The molecular formula is C26H29Cl2N3O5S. The molecule has 4 aromatic rings. The molecule has 0 amide bonds. The molecule has 0 aliphatic carbocycles. The van der Waals surface area contributed by atoms with Crippen LogP contribution in [-0.4, -0.2) is 42.7 Å². The number of hydrogen-bond acceptors (Lipinski definition) is 7. The topological polar surface area (TPSA) is 111 Å². The Kier molecular flexibility index (Phi) is 10.1. The number of carbonyl (C=O) groups excluding carboxylic acids is 1. The Balaban J connectivity index is 0.00000241. The summed E-state index contributed by atoms with van der Waals surface area (Å²) in [4.78, 5) is 17.7. The minimum Gasteiger partial charge on any atom is -0.507 e. The predicted molar refractivity (Wildman–Crippen MR) is 148 cm³/mol. The summed E-state index contributed by atoms with van der Waals surface area (Å²) in [6.07, 6.45) is 1.63. The fourth-order valence-electron chi connectivity index (χ4n) is 4.26. The molecule has 0 saturated carbocycles. The van der Waals surface area contributed by atoms with Crippen LogP contribution in [0.15, 0.2) is 65.7 Å². The molecule has 0 fully saturated rings. The average Bonchev–Trinajstić information content (AvgIpc) is 3.12. The molecule has 2 aromatic heterocycles. The van der Waals surface area contributed by atoms with Crippen LogP contribution in [0.4, 0.5) is 0 Å². The van der Waals surface area contributed by atoms with E-state index in [1.807, 2.05) is 6.07 Å². The number of phenolic OH excluding ortho intramolecular Hbond substituents is 1. The molecule has 4 rings (SSSR count). The number of nitrogens with one attached hydrogen (secondary N) is 1. The van der Waals surface area contributed by atoms with Crippen LogP contribution < -0.4 is 5.32 Å². The van der Waals surface area contributed by atoms with E-state index < -0.39 is 21.6 Å². The van der Waals surface area contributed by atoms with Crippen molar-refractivity contribution in [2.45, 2.75) is 24.1 Å². The number of fused-ring (bicyclic) bond motifs is 1. The second-order valence-corrected chi connectivity index (χ2v) is 10.1. The van der Waals surface area contributed by atoms with E-state index in [0.29, 0.717) is 27.7 Å². The Morgan fingerprint density at radius 3 is 2.38 bits per heavy atom. The first-order valence-corrected chi connectivity index (χ1v) is 12.8. The number of rotatable bonds is 8. The number of sulfone groups is 1. The van der Waals surface area contributed by atoms with E-state index in [-0.39, 0.29) is 59.9 Å². The maximum Gasteiger partial charge on any atom is 0.340 e.